The van der Waals surface area contributed by atoms with Gasteiger partial charge >= 0.3 is 0 Å². The lowest BCUT2D eigenvalue weighted by atomic mass is 9.92. The number of carbonyl (C=O) groups is 1. The summed E-state index contributed by atoms with van der Waals surface area (Å²) < 4.78 is 5.97. The second-order valence-electron chi connectivity index (χ2n) is 7.01. The molecule has 7 heteroatoms. The third-order valence-corrected chi connectivity index (χ3v) is 5.06. The lowest BCUT2D eigenvalue weighted by molar-refractivity contribution is -0.492. The van der Waals surface area contributed by atoms with Gasteiger partial charge in [-0.25, -0.2) is 9.85 Å². The molecule has 0 N–H and O–H groups in total. The molecule has 0 aliphatic carbocycles. The third-order valence-electron chi connectivity index (χ3n) is 5.06. The molecular weight excluding hydrogens is 384 g/mol. The number of hydrogen-bond donors (Lipinski definition) is 0. The van der Waals surface area contributed by atoms with Gasteiger partial charge in [-0.1, -0.05) is 96.0 Å². The second-order valence-corrected chi connectivity index (χ2v) is 7.01. The topological polar surface area (TPSA) is 60.5 Å². The molecule has 2 heterocycles. The number of benzene rings is 3. The van der Waals surface area contributed by atoms with Gasteiger partial charge in [0, 0.05) is 5.56 Å². The van der Waals surface area contributed by atoms with Crippen molar-refractivity contribution in [1.29, 1.82) is 0 Å². The normalized spacial score (nSPS) is 24.1. The van der Waals surface area contributed by atoms with Crippen LogP contribution in [0.15, 0.2) is 91.0 Å². The van der Waals surface area contributed by atoms with Crippen LogP contribution in [0.3, 0.4) is 0 Å². The van der Waals surface area contributed by atoms with E-state index >= 15 is 0 Å². The maximum atomic E-state index is 12.9. The van der Waals surface area contributed by atoms with Gasteiger partial charge in [0.05, 0.1) is 11.9 Å². The van der Waals surface area contributed by atoms with Gasteiger partial charge in [-0.3, -0.25) is 4.79 Å². The first-order valence-electron chi connectivity index (χ1n) is 9.70. The number of hydrogen-bond acceptors (Lipinski definition) is 6. The minimum Gasteiger partial charge on any atom is -0.361 e. The van der Waals surface area contributed by atoms with E-state index in [9.17, 15) is 4.79 Å². The molecule has 0 aromatic heterocycles. The molecule has 30 heavy (non-hydrogen) atoms. The highest BCUT2D eigenvalue weighted by Crippen LogP contribution is 2.42. The molecule has 2 aliphatic heterocycles. The molecule has 7 nitrogen and oxygen atoms in total. The Morgan fingerprint density at radius 2 is 1.40 bits per heavy atom. The van der Waals surface area contributed by atoms with Gasteiger partial charge in [-0.2, -0.15) is 4.89 Å². The molecule has 152 valence electrons. The van der Waals surface area contributed by atoms with E-state index in [4.69, 9.17) is 19.5 Å². The lowest BCUT2D eigenvalue weighted by Crippen LogP contribution is -2.64. The first-order valence-corrected chi connectivity index (χ1v) is 9.70. The zero-order valence-electron chi connectivity index (χ0n) is 16.0. The summed E-state index contributed by atoms with van der Waals surface area (Å²) in [5, 5.41) is 2.37. The van der Waals surface area contributed by atoms with Gasteiger partial charge in [0.1, 0.15) is 6.04 Å². The highest BCUT2D eigenvalue weighted by atomic mass is 17.4. The summed E-state index contributed by atoms with van der Waals surface area (Å²) in [5.74, 6) is -0.267. The van der Waals surface area contributed by atoms with E-state index < -0.39 is 18.4 Å². The van der Waals surface area contributed by atoms with Crippen LogP contribution in [-0.4, -0.2) is 22.4 Å². The van der Waals surface area contributed by atoms with Gasteiger partial charge < -0.3 is 4.74 Å². The highest BCUT2D eigenvalue weighted by molar-refractivity contribution is 5.88. The summed E-state index contributed by atoms with van der Waals surface area (Å²) in [5.41, 5.74) is 2.68. The molecule has 0 saturated carbocycles. The van der Waals surface area contributed by atoms with E-state index in [2.05, 4.69) is 0 Å². The van der Waals surface area contributed by atoms with Crippen LogP contribution in [0.2, 0.25) is 0 Å². The largest absolute Gasteiger partial charge is 0.361 e. The van der Waals surface area contributed by atoms with E-state index in [0.29, 0.717) is 6.61 Å². The zero-order valence-corrected chi connectivity index (χ0v) is 16.0. The monoisotopic (exact) mass is 404 g/mol. The molecule has 3 aromatic carbocycles. The quantitative estimate of drug-likeness (QED) is 0.459. The van der Waals surface area contributed by atoms with Gasteiger partial charge in [-0.05, 0) is 11.1 Å². The zero-order chi connectivity index (χ0) is 20.3. The Balaban J connectivity index is 1.33. The fourth-order valence-corrected chi connectivity index (χ4v) is 3.53. The van der Waals surface area contributed by atoms with Gasteiger partial charge in [0.2, 0.25) is 6.29 Å². The van der Waals surface area contributed by atoms with Crippen molar-refractivity contribution in [2.45, 2.75) is 25.0 Å². The Morgan fingerprint density at radius 1 is 0.800 bits per heavy atom. The lowest BCUT2D eigenvalue weighted by Gasteiger charge is -2.47. The van der Waals surface area contributed by atoms with Crippen LogP contribution in [0.25, 0.3) is 0 Å². The van der Waals surface area contributed by atoms with Crippen LogP contribution in [0.4, 0.5) is 0 Å². The van der Waals surface area contributed by atoms with E-state index in [0.717, 1.165) is 22.0 Å². The van der Waals surface area contributed by atoms with Crippen LogP contribution in [-0.2, 0) is 30.9 Å². The molecule has 2 fully saturated rings. The maximum Gasteiger partial charge on any atom is 0.273 e. The molecule has 1 unspecified atom stereocenters. The second kappa shape index (κ2) is 8.35. The summed E-state index contributed by atoms with van der Waals surface area (Å²) in [7, 11) is 0. The SMILES string of the molecule is O=C1[C@@H](OCc2ccccc2)[C@@H](c2ccccc2)N1N1OOC(c2ccccc2)O1. The number of rotatable bonds is 6. The van der Waals surface area contributed by atoms with Crippen LogP contribution >= 0.6 is 0 Å². The molecule has 2 saturated heterocycles. The molecule has 3 aromatic rings. The van der Waals surface area contributed by atoms with Crippen LogP contribution in [0.1, 0.15) is 29.0 Å². The summed E-state index contributed by atoms with van der Waals surface area (Å²) in [6.45, 7) is 0.333. The van der Waals surface area contributed by atoms with Crippen LogP contribution in [0, 0.1) is 0 Å². The predicted molar refractivity (Wildman–Crippen MR) is 105 cm³/mol. The molecule has 2 aliphatic rings. The Labute approximate surface area is 173 Å². The summed E-state index contributed by atoms with van der Waals surface area (Å²) in [6.07, 6.45) is -1.42. The Morgan fingerprint density at radius 3 is 2.07 bits per heavy atom. The fourth-order valence-electron chi connectivity index (χ4n) is 3.53. The highest BCUT2D eigenvalue weighted by Gasteiger charge is 2.55. The molecule has 0 bridgehead atoms. The number of hydrazine groups is 1. The van der Waals surface area contributed by atoms with E-state index in [1.165, 1.54) is 5.01 Å². The number of carbonyl (C=O) groups excluding carboxylic acids is 1. The molecule has 0 radical (unpaired) electrons. The fraction of sp³-hybridized carbons (Fsp3) is 0.174. The van der Waals surface area contributed by atoms with Crippen molar-refractivity contribution >= 4 is 5.91 Å². The smallest absolute Gasteiger partial charge is 0.273 e. The van der Waals surface area contributed by atoms with Gasteiger partial charge in [0.25, 0.3) is 5.91 Å². The first-order chi connectivity index (χ1) is 14.8. The van der Waals surface area contributed by atoms with Crippen molar-refractivity contribution in [3.63, 3.8) is 0 Å². The van der Waals surface area contributed by atoms with Crippen molar-refractivity contribution in [2.24, 2.45) is 0 Å². The van der Waals surface area contributed by atoms with Crippen LogP contribution in [0.5, 0.6) is 0 Å². The van der Waals surface area contributed by atoms with Crippen molar-refractivity contribution in [1.82, 2.24) is 10.3 Å². The maximum absolute atomic E-state index is 12.9. The standard InChI is InChI=1S/C23H20N2O5/c26-22-21(27-16-17-10-4-1-5-11-17)20(18-12-6-2-7-13-18)24(22)25-28-23(29-30-25)19-14-8-3-9-15-19/h1-15,20-21,23H,16H2/t20-,21+,23?/m1/s1. The van der Waals surface area contributed by atoms with Gasteiger partial charge in [0.15, 0.2) is 6.10 Å². The minimum atomic E-state index is -0.764. The molecule has 3 atom stereocenters. The van der Waals surface area contributed by atoms with Crippen molar-refractivity contribution in [2.75, 3.05) is 0 Å². The number of amides is 1. The average molecular weight is 404 g/mol. The van der Waals surface area contributed by atoms with Crippen molar-refractivity contribution < 1.29 is 24.2 Å². The molecule has 0 spiro atoms. The molecule has 1 amide bonds. The number of β-lactam (4-membered cyclic amide) rings is 1. The van der Waals surface area contributed by atoms with Crippen molar-refractivity contribution in [3.8, 4) is 0 Å². The summed E-state index contributed by atoms with van der Waals surface area (Å²) >= 11 is 0. The van der Waals surface area contributed by atoms with E-state index in [-0.39, 0.29) is 5.91 Å². The van der Waals surface area contributed by atoms with E-state index in [1.807, 2.05) is 91.0 Å². The first kappa shape index (κ1) is 18.9. The molecule has 5 rings (SSSR count). The van der Waals surface area contributed by atoms with Crippen LogP contribution < -0.4 is 0 Å². The number of ether oxygens (including phenoxy) is 1. The summed E-state index contributed by atoms with van der Waals surface area (Å²) in [6, 6.07) is 28.3. The Hall–Kier alpha value is -3.07. The Bertz CT molecular complexity index is 986. The Kier molecular flexibility index (Phi) is 5.27. The minimum absolute atomic E-state index is 0.267. The third kappa shape index (κ3) is 3.60. The van der Waals surface area contributed by atoms with Gasteiger partial charge in [-0.15, -0.1) is 0 Å². The summed E-state index contributed by atoms with van der Waals surface area (Å²) in [4.78, 5) is 29.2. The van der Waals surface area contributed by atoms with Crippen molar-refractivity contribution in [3.05, 3.63) is 108 Å². The number of nitrogens with zero attached hydrogens (tertiary/aromatic N) is 2. The predicted octanol–water partition coefficient (Wildman–Crippen LogP) is 3.88. The molecular formula is C23H20N2O5. The van der Waals surface area contributed by atoms with E-state index in [1.54, 1.807) is 0 Å². The average Bonchev–Trinajstić information content (AvgIpc) is 3.28.